The Morgan fingerprint density at radius 2 is 1.18 bits per heavy atom. The van der Waals surface area contributed by atoms with Gasteiger partial charge in [-0.15, -0.1) is 0 Å². The van der Waals surface area contributed by atoms with Gasteiger partial charge >= 0.3 is 0 Å². The number of hydrogen-bond acceptors (Lipinski definition) is 0. The zero-order valence-electron chi connectivity index (χ0n) is 12.7. The van der Waals surface area contributed by atoms with E-state index in [-0.39, 0.29) is 24.8 Å². The molecule has 2 nitrogen and oxygen atoms in total. The third-order valence-corrected chi connectivity index (χ3v) is 3.22. The first-order chi connectivity index (χ1) is 9.81. The van der Waals surface area contributed by atoms with Crippen LogP contribution in [0.1, 0.15) is 11.1 Å². The van der Waals surface area contributed by atoms with Crippen molar-refractivity contribution in [1.29, 1.82) is 0 Å². The van der Waals surface area contributed by atoms with Crippen LogP contribution in [0.5, 0.6) is 0 Å². The Labute approximate surface area is 145 Å². The quantitative estimate of drug-likeness (QED) is 0.365. The van der Waals surface area contributed by atoms with Crippen molar-refractivity contribution in [1.82, 2.24) is 0 Å². The molecule has 0 unspecified atom stereocenters. The maximum atomic E-state index is 3.77. The van der Waals surface area contributed by atoms with Gasteiger partial charge in [0, 0.05) is 23.3 Å². The summed E-state index contributed by atoms with van der Waals surface area (Å²) in [4.78, 5) is 0. The van der Waals surface area contributed by atoms with E-state index < -0.39 is 0 Å². The first-order valence-electron chi connectivity index (χ1n) is 6.99. The zero-order valence-corrected chi connectivity index (χ0v) is 14.2. The molecule has 0 spiro atoms. The van der Waals surface area contributed by atoms with E-state index in [1.807, 2.05) is 12.2 Å². The van der Waals surface area contributed by atoms with Crippen LogP contribution in [0.3, 0.4) is 0 Å². The van der Waals surface area contributed by atoms with Gasteiger partial charge in [-0.25, -0.2) is 9.13 Å². The van der Waals surface area contributed by atoms with Crippen molar-refractivity contribution in [3.05, 3.63) is 85.5 Å². The van der Waals surface area contributed by atoms with E-state index in [0.29, 0.717) is 0 Å². The maximum absolute atomic E-state index is 3.77. The van der Waals surface area contributed by atoms with Gasteiger partial charge in [0.15, 0.2) is 37.9 Å². The molecule has 0 atom stereocenters. The van der Waals surface area contributed by atoms with Crippen LogP contribution in [0, 0.1) is 0 Å². The number of rotatable bonds is 7. The molecule has 118 valence electrons. The van der Waals surface area contributed by atoms with Gasteiger partial charge in [0.2, 0.25) is 0 Å². The van der Waals surface area contributed by atoms with Crippen LogP contribution in [0.4, 0.5) is 0 Å². The number of aromatic nitrogens is 2. The van der Waals surface area contributed by atoms with Gasteiger partial charge in [-0.1, -0.05) is 13.2 Å². The molecule has 0 saturated carbocycles. The predicted molar refractivity (Wildman–Crippen MR) is 81.1 cm³/mol. The molecule has 0 bridgehead atoms. The summed E-state index contributed by atoms with van der Waals surface area (Å²) in [7, 11) is 0. The van der Waals surface area contributed by atoms with Gasteiger partial charge in [0.05, 0.1) is 0 Å². The topological polar surface area (TPSA) is 7.76 Å². The Hall–Kier alpha value is -1.64. The number of nitrogens with zero attached hydrogens (tertiary/aromatic N) is 2. The van der Waals surface area contributed by atoms with Crippen molar-refractivity contribution in [2.24, 2.45) is 0 Å². The van der Waals surface area contributed by atoms with Crippen LogP contribution in [0.15, 0.2) is 74.4 Å². The van der Waals surface area contributed by atoms with E-state index >= 15 is 0 Å². The van der Waals surface area contributed by atoms with Crippen LogP contribution in [-0.2, 0) is 25.9 Å². The van der Waals surface area contributed by atoms with Crippen molar-refractivity contribution >= 4 is 0 Å². The summed E-state index contributed by atoms with van der Waals surface area (Å²) in [5.74, 6) is 0. The van der Waals surface area contributed by atoms with Gasteiger partial charge in [0.25, 0.3) is 0 Å². The zero-order chi connectivity index (χ0) is 14.2. The molecule has 0 N–H and O–H groups in total. The van der Waals surface area contributed by atoms with Gasteiger partial charge in [0.1, 0.15) is 0 Å². The number of hydrogen-bond donors (Lipinski definition) is 0. The van der Waals surface area contributed by atoms with Gasteiger partial charge in [-0.3, -0.25) is 0 Å². The second-order valence-corrected chi connectivity index (χ2v) is 4.90. The summed E-state index contributed by atoms with van der Waals surface area (Å²) in [6.45, 7) is 9.27. The van der Waals surface area contributed by atoms with Gasteiger partial charge in [-0.2, -0.15) is 0 Å². The third kappa shape index (κ3) is 6.42. The molecule has 2 rings (SSSR count). The molecule has 22 heavy (non-hydrogen) atoms. The fourth-order valence-corrected chi connectivity index (χ4v) is 2.26. The first kappa shape index (κ1) is 20.4. The maximum Gasteiger partial charge on any atom is 0.172 e. The Morgan fingerprint density at radius 1 is 0.773 bits per heavy atom. The SMILES string of the molecule is C=CC[n+]1cccc(CCc2ccc[n+](CC=C)c2)c1.[Cl-].[Cl-]. The molecule has 0 aliphatic heterocycles. The van der Waals surface area contributed by atoms with E-state index in [1.54, 1.807) is 0 Å². The summed E-state index contributed by atoms with van der Waals surface area (Å²) in [6, 6.07) is 8.56. The molecule has 2 aromatic heterocycles. The van der Waals surface area contributed by atoms with Crippen LogP contribution < -0.4 is 33.9 Å². The van der Waals surface area contributed by atoms with Crippen LogP contribution in [0.25, 0.3) is 0 Å². The fourth-order valence-electron chi connectivity index (χ4n) is 2.26. The lowest BCUT2D eigenvalue weighted by Gasteiger charge is -2.01. The molecule has 2 heterocycles. The lowest BCUT2D eigenvalue weighted by atomic mass is 10.1. The van der Waals surface area contributed by atoms with Crippen LogP contribution >= 0.6 is 0 Å². The Bertz CT molecular complexity index is 544. The largest absolute Gasteiger partial charge is 1.00 e. The molecule has 0 fully saturated rings. The highest BCUT2D eigenvalue weighted by Crippen LogP contribution is 2.04. The first-order valence-corrected chi connectivity index (χ1v) is 6.99. The van der Waals surface area contributed by atoms with Gasteiger partial charge < -0.3 is 24.8 Å². The van der Waals surface area contributed by atoms with Crippen molar-refractivity contribution in [2.75, 3.05) is 0 Å². The lowest BCUT2D eigenvalue weighted by molar-refractivity contribution is -0.687. The van der Waals surface area contributed by atoms with E-state index in [1.165, 1.54) is 11.1 Å². The minimum atomic E-state index is 0. The summed E-state index contributed by atoms with van der Waals surface area (Å²) < 4.78 is 4.32. The molecule has 0 aliphatic carbocycles. The van der Waals surface area contributed by atoms with Crippen LogP contribution in [0.2, 0.25) is 0 Å². The second kappa shape index (κ2) is 11.0. The van der Waals surface area contributed by atoms with E-state index in [2.05, 4.69) is 71.3 Å². The molecule has 4 heteroatoms. The highest BCUT2D eigenvalue weighted by molar-refractivity contribution is 5.12. The Morgan fingerprint density at radius 3 is 1.55 bits per heavy atom. The average molecular weight is 337 g/mol. The monoisotopic (exact) mass is 336 g/mol. The molecule has 0 amide bonds. The lowest BCUT2D eigenvalue weighted by Crippen LogP contribution is -3.00. The molecular formula is C18H22Cl2N2. The summed E-state index contributed by atoms with van der Waals surface area (Å²) in [6.07, 6.45) is 14.5. The predicted octanol–water partition coefficient (Wildman–Crippen LogP) is -3.57. The Balaban J connectivity index is 0.00000220. The highest BCUT2D eigenvalue weighted by Gasteiger charge is 2.04. The van der Waals surface area contributed by atoms with Crippen molar-refractivity contribution < 1.29 is 33.9 Å². The summed E-state index contributed by atoms with van der Waals surface area (Å²) >= 11 is 0. The number of pyridine rings is 2. The minimum Gasteiger partial charge on any atom is -1.00 e. The number of halogens is 2. The fraction of sp³-hybridized carbons (Fsp3) is 0.222. The molecule has 0 radical (unpaired) electrons. The van der Waals surface area contributed by atoms with E-state index in [4.69, 9.17) is 0 Å². The van der Waals surface area contributed by atoms with Crippen molar-refractivity contribution in [3.8, 4) is 0 Å². The van der Waals surface area contributed by atoms with Crippen molar-refractivity contribution in [3.63, 3.8) is 0 Å². The smallest absolute Gasteiger partial charge is 0.172 e. The molecule has 0 saturated heterocycles. The van der Waals surface area contributed by atoms with E-state index in [9.17, 15) is 0 Å². The van der Waals surface area contributed by atoms with E-state index in [0.717, 1.165) is 25.9 Å². The Kier molecular flexibility index (Phi) is 10.2. The molecule has 0 aliphatic rings. The summed E-state index contributed by atoms with van der Waals surface area (Å²) in [5.41, 5.74) is 2.71. The highest BCUT2D eigenvalue weighted by atomic mass is 35.5. The standard InChI is InChI=1S/C18H22N2.2ClH/c1-3-11-19-13-5-7-17(15-19)9-10-18-8-6-14-20(16-18)12-4-2;;/h3-8,13-16H,1-2,9-12H2;2*1H/q+2;;/p-2. The number of aryl methyl sites for hydroxylation is 2. The minimum absolute atomic E-state index is 0. The molecular weight excluding hydrogens is 315 g/mol. The van der Waals surface area contributed by atoms with Crippen LogP contribution in [-0.4, -0.2) is 0 Å². The summed E-state index contributed by atoms with van der Waals surface area (Å²) in [5, 5.41) is 0. The normalized spacial score (nSPS) is 9.27. The van der Waals surface area contributed by atoms with Crippen molar-refractivity contribution in [2.45, 2.75) is 25.9 Å². The number of allylic oxidation sites excluding steroid dienone is 2. The van der Waals surface area contributed by atoms with Gasteiger partial charge in [-0.05, 0) is 37.1 Å². The second-order valence-electron chi connectivity index (χ2n) is 4.90. The average Bonchev–Trinajstić information content (AvgIpc) is 2.47. The molecule has 0 aromatic carbocycles. The third-order valence-electron chi connectivity index (χ3n) is 3.22. The molecule has 2 aromatic rings.